The fourth-order valence-corrected chi connectivity index (χ4v) is 5.87. The molecule has 0 saturated carbocycles. The number of nitrogens with zero attached hydrogens (tertiary/aromatic N) is 5. The van der Waals surface area contributed by atoms with Gasteiger partial charge in [-0.1, -0.05) is 13.5 Å². The van der Waals surface area contributed by atoms with Crippen LogP contribution < -0.4 is 4.90 Å². The fourth-order valence-electron chi connectivity index (χ4n) is 5.87. The largest absolute Gasteiger partial charge is 0.355 e. The van der Waals surface area contributed by atoms with Gasteiger partial charge >= 0.3 is 0 Å². The second-order valence-electron chi connectivity index (χ2n) is 9.94. The minimum atomic E-state index is -0.674. The molecule has 35 heavy (non-hydrogen) atoms. The molecule has 2 saturated heterocycles. The van der Waals surface area contributed by atoms with Crippen molar-refractivity contribution in [1.82, 2.24) is 14.8 Å². The van der Waals surface area contributed by atoms with E-state index in [9.17, 15) is 14.4 Å². The zero-order chi connectivity index (χ0) is 24.7. The summed E-state index contributed by atoms with van der Waals surface area (Å²) in [6.07, 6.45) is 3.90. The van der Waals surface area contributed by atoms with Crippen molar-refractivity contribution in [3.8, 4) is 17.2 Å². The third kappa shape index (κ3) is 4.08. The maximum atomic E-state index is 15.0. The fraction of sp³-hybridized carbons (Fsp3) is 0.444. The van der Waals surface area contributed by atoms with E-state index in [0.717, 1.165) is 43.3 Å². The van der Waals surface area contributed by atoms with Gasteiger partial charge in [0.15, 0.2) is 0 Å². The van der Waals surface area contributed by atoms with E-state index in [1.165, 1.54) is 18.2 Å². The van der Waals surface area contributed by atoms with Crippen LogP contribution in [0.25, 0.3) is 11.1 Å². The number of aromatic nitrogens is 1. The molecule has 1 spiro atoms. The van der Waals surface area contributed by atoms with Crippen molar-refractivity contribution in [3.63, 3.8) is 0 Å². The normalized spacial score (nSPS) is 18.8. The molecule has 1 aromatic carbocycles. The smallest absolute Gasteiger partial charge is 0.245 e. The predicted molar refractivity (Wildman–Crippen MR) is 130 cm³/mol. The molecule has 0 N–H and O–H groups in total. The Bertz CT molecular complexity index is 1230. The first-order valence-electron chi connectivity index (χ1n) is 12.2. The van der Waals surface area contributed by atoms with Gasteiger partial charge in [0.1, 0.15) is 29.1 Å². The number of carbonyl (C=O) groups excluding carboxylic acids is 1. The van der Waals surface area contributed by atoms with E-state index in [1.54, 1.807) is 4.90 Å². The van der Waals surface area contributed by atoms with Crippen molar-refractivity contribution >= 4 is 11.7 Å². The van der Waals surface area contributed by atoms with E-state index in [0.29, 0.717) is 56.1 Å². The number of carbonyl (C=O) groups is 1. The molecule has 182 valence electrons. The van der Waals surface area contributed by atoms with E-state index in [2.05, 4.69) is 29.4 Å². The molecular weight excluding hydrogens is 448 g/mol. The van der Waals surface area contributed by atoms with Gasteiger partial charge in [-0.05, 0) is 49.6 Å². The number of amides is 1. The van der Waals surface area contributed by atoms with Crippen LogP contribution in [-0.2, 0) is 17.8 Å². The van der Waals surface area contributed by atoms with Crippen molar-refractivity contribution < 1.29 is 13.6 Å². The number of hydrogen-bond donors (Lipinski definition) is 0. The average molecular weight is 478 g/mol. The number of nitriles is 1. The Hall–Kier alpha value is -3.31. The molecule has 1 aromatic heterocycles. The van der Waals surface area contributed by atoms with Gasteiger partial charge in [0.2, 0.25) is 5.91 Å². The van der Waals surface area contributed by atoms with Gasteiger partial charge in [0.25, 0.3) is 0 Å². The lowest BCUT2D eigenvalue weighted by Crippen LogP contribution is -2.59. The lowest BCUT2D eigenvalue weighted by molar-refractivity contribution is -0.136. The molecule has 3 aliphatic rings. The average Bonchev–Trinajstić information content (AvgIpc) is 3.28. The Morgan fingerprint density at radius 1 is 1.29 bits per heavy atom. The summed E-state index contributed by atoms with van der Waals surface area (Å²) in [5.74, 6) is -0.822. The number of halogens is 2. The molecular formula is C27H29F2N5O. The van der Waals surface area contributed by atoms with Crippen molar-refractivity contribution in [3.05, 3.63) is 59.3 Å². The molecule has 2 aromatic rings. The van der Waals surface area contributed by atoms with Gasteiger partial charge in [-0.25, -0.2) is 13.8 Å². The summed E-state index contributed by atoms with van der Waals surface area (Å²) in [7, 11) is 0. The van der Waals surface area contributed by atoms with Crippen LogP contribution in [-0.4, -0.2) is 60.0 Å². The second kappa shape index (κ2) is 9.04. The molecule has 1 amide bonds. The highest BCUT2D eigenvalue weighted by Gasteiger charge is 2.49. The van der Waals surface area contributed by atoms with Gasteiger partial charge in [-0.15, -0.1) is 0 Å². The number of hydrogen-bond acceptors (Lipinski definition) is 5. The molecule has 0 radical (unpaired) electrons. The van der Waals surface area contributed by atoms with E-state index < -0.39 is 11.6 Å². The molecule has 6 nitrogen and oxygen atoms in total. The highest BCUT2D eigenvalue weighted by atomic mass is 19.1. The van der Waals surface area contributed by atoms with Crippen molar-refractivity contribution in [1.29, 1.82) is 5.26 Å². The third-order valence-electron chi connectivity index (χ3n) is 7.54. The highest BCUT2D eigenvalue weighted by molar-refractivity contribution is 5.88. The number of likely N-dealkylation sites (tertiary alicyclic amines) is 1. The summed E-state index contributed by atoms with van der Waals surface area (Å²) in [6.45, 7) is 10.8. The first-order valence-corrected chi connectivity index (χ1v) is 12.2. The number of pyridine rings is 1. The van der Waals surface area contributed by atoms with E-state index in [-0.39, 0.29) is 16.9 Å². The van der Waals surface area contributed by atoms with E-state index in [1.807, 2.05) is 0 Å². The van der Waals surface area contributed by atoms with Crippen LogP contribution in [0.1, 0.15) is 36.6 Å². The number of benzene rings is 1. The number of fused-ring (bicyclic) bond motifs is 1. The van der Waals surface area contributed by atoms with Crippen LogP contribution in [0.2, 0.25) is 0 Å². The maximum absolute atomic E-state index is 15.0. The maximum Gasteiger partial charge on any atom is 0.245 e. The minimum Gasteiger partial charge on any atom is -0.355 e. The zero-order valence-corrected chi connectivity index (χ0v) is 20.0. The number of rotatable bonds is 5. The summed E-state index contributed by atoms with van der Waals surface area (Å²) < 4.78 is 28.8. The Balaban J connectivity index is 1.57. The zero-order valence-electron chi connectivity index (χ0n) is 20.0. The van der Waals surface area contributed by atoms with Crippen LogP contribution in [0.3, 0.4) is 0 Å². The topological polar surface area (TPSA) is 63.5 Å². The van der Waals surface area contributed by atoms with E-state index in [4.69, 9.17) is 4.98 Å². The van der Waals surface area contributed by atoms with Gasteiger partial charge in [0.05, 0.1) is 5.69 Å². The summed E-state index contributed by atoms with van der Waals surface area (Å²) in [5, 5.41) is 10.3. The molecule has 2 fully saturated rings. The Kier molecular flexibility index (Phi) is 6.06. The van der Waals surface area contributed by atoms with Gasteiger partial charge in [-0.2, -0.15) is 5.26 Å². The minimum absolute atomic E-state index is 0.0293. The number of anilines is 1. The van der Waals surface area contributed by atoms with Crippen LogP contribution in [0.5, 0.6) is 0 Å². The first-order chi connectivity index (χ1) is 16.9. The molecule has 8 heteroatoms. The van der Waals surface area contributed by atoms with E-state index >= 15 is 4.39 Å². The Morgan fingerprint density at radius 2 is 2.09 bits per heavy atom. The van der Waals surface area contributed by atoms with Crippen LogP contribution in [0.4, 0.5) is 14.6 Å². The lowest BCUT2D eigenvalue weighted by Gasteiger charge is -2.47. The van der Waals surface area contributed by atoms with Crippen LogP contribution in [0.15, 0.2) is 30.9 Å². The lowest BCUT2D eigenvalue weighted by atomic mass is 9.79. The highest BCUT2D eigenvalue weighted by Crippen LogP contribution is 2.44. The van der Waals surface area contributed by atoms with Crippen molar-refractivity contribution in [2.45, 2.75) is 32.7 Å². The summed E-state index contributed by atoms with van der Waals surface area (Å²) >= 11 is 0. The summed E-state index contributed by atoms with van der Waals surface area (Å²) in [5.41, 5.74) is 2.83. The monoisotopic (exact) mass is 477 g/mol. The molecule has 4 heterocycles. The quantitative estimate of drug-likeness (QED) is 0.612. The van der Waals surface area contributed by atoms with Crippen LogP contribution in [0, 0.1) is 28.4 Å². The predicted octanol–water partition coefficient (Wildman–Crippen LogP) is 3.89. The molecule has 5 rings (SSSR count). The molecule has 3 aliphatic heterocycles. The standard InChI is InChI=1S/C27H29F2N5O/c1-3-9-32-10-7-20-23(14-32)31-26(21(13-30)25(20)19-6-5-18(28)12-22(19)29)33-11-8-27(15-33)16-34(17-27)24(35)4-2/h4-6,12H,2-3,7-11,14-17H2,1H3. The van der Waals surface area contributed by atoms with Gasteiger partial charge in [-0.3, -0.25) is 9.69 Å². The van der Waals surface area contributed by atoms with Gasteiger partial charge in [0, 0.05) is 61.9 Å². The molecule has 0 aliphatic carbocycles. The summed E-state index contributed by atoms with van der Waals surface area (Å²) in [4.78, 5) is 23.2. The molecule has 0 atom stereocenters. The Labute approximate surface area is 204 Å². The first kappa shape index (κ1) is 23.4. The Morgan fingerprint density at radius 3 is 2.77 bits per heavy atom. The molecule has 0 unspecified atom stereocenters. The molecule has 0 bridgehead atoms. The van der Waals surface area contributed by atoms with Crippen molar-refractivity contribution in [2.24, 2.45) is 5.41 Å². The van der Waals surface area contributed by atoms with Gasteiger partial charge < -0.3 is 9.80 Å². The second-order valence-corrected chi connectivity index (χ2v) is 9.94. The van der Waals surface area contributed by atoms with Crippen molar-refractivity contribution in [2.75, 3.05) is 44.2 Å². The summed E-state index contributed by atoms with van der Waals surface area (Å²) in [6, 6.07) is 5.85. The van der Waals surface area contributed by atoms with Crippen LogP contribution >= 0.6 is 0 Å². The SMILES string of the molecule is C=CC(=O)N1CC2(CCN(c3nc4c(c(-c5ccc(F)cc5F)c3C#N)CCN(CCC)C4)C2)C1. The third-order valence-corrected chi connectivity index (χ3v) is 7.54.